The summed E-state index contributed by atoms with van der Waals surface area (Å²) in [4.78, 5) is 4.26. The molecule has 1 saturated carbocycles. The lowest BCUT2D eigenvalue weighted by Crippen LogP contribution is -2.36. The summed E-state index contributed by atoms with van der Waals surface area (Å²) in [6, 6.07) is 3.19. The van der Waals surface area contributed by atoms with Gasteiger partial charge in [0.15, 0.2) is 5.82 Å². The van der Waals surface area contributed by atoms with Crippen molar-refractivity contribution in [3.63, 3.8) is 0 Å². The van der Waals surface area contributed by atoms with E-state index >= 15 is 0 Å². The Morgan fingerprint density at radius 1 is 1.32 bits per heavy atom. The van der Waals surface area contributed by atoms with Gasteiger partial charge in [-0.05, 0) is 31.9 Å². The number of rotatable bonds is 4. The zero-order valence-corrected chi connectivity index (χ0v) is 15.8. The van der Waals surface area contributed by atoms with Crippen LogP contribution in [0.3, 0.4) is 0 Å². The van der Waals surface area contributed by atoms with E-state index in [1.807, 2.05) is 24.6 Å². The predicted molar refractivity (Wildman–Crippen MR) is 102 cm³/mol. The van der Waals surface area contributed by atoms with Gasteiger partial charge in [-0.3, -0.25) is 5.10 Å². The molecule has 3 aromatic rings. The number of nitrogens with one attached hydrogen (secondary N) is 2. The molecule has 0 aliphatic heterocycles. The number of H-pyrrole nitrogens is 1. The van der Waals surface area contributed by atoms with E-state index in [-0.39, 0.29) is 24.4 Å². The Bertz CT molecular complexity index is 1040. The summed E-state index contributed by atoms with van der Waals surface area (Å²) in [6.45, 7) is 5.90. The van der Waals surface area contributed by atoms with Crippen LogP contribution in [0.25, 0.3) is 27.9 Å². The average Bonchev–Trinajstić information content (AvgIpc) is 3.21. The van der Waals surface area contributed by atoms with E-state index in [2.05, 4.69) is 27.1 Å². The normalized spacial score (nSPS) is 17.2. The summed E-state index contributed by atoms with van der Waals surface area (Å²) >= 11 is 0. The monoisotopic (exact) mass is 389 g/mol. The maximum absolute atomic E-state index is 14.6. The van der Waals surface area contributed by atoms with E-state index in [0.29, 0.717) is 35.2 Å². The quantitative estimate of drug-likeness (QED) is 0.688. The van der Waals surface area contributed by atoms with Gasteiger partial charge in [-0.25, -0.2) is 18.2 Å². The second-order valence-electron chi connectivity index (χ2n) is 7.46. The van der Waals surface area contributed by atoms with Crippen molar-refractivity contribution in [1.82, 2.24) is 25.1 Å². The van der Waals surface area contributed by atoms with Gasteiger partial charge in [-0.2, -0.15) is 5.10 Å². The zero-order chi connectivity index (χ0) is 20.1. The first-order valence-corrected chi connectivity index (χ1v) is 9.25. The van der Waals surface area contributed by atoms with E-state index in [9.17, 15) is 13.2 Å². The highest BCUT2D eigenvalue weighted by atomic mass is 19.3. The third kappa shape index (κ3) is 3.27. The number of aromatic nitrogens is 4. The van der Waals surface area contributed by atoms with E-state index < -0.39 is 11.7 Å². The maximum Gasteiger partial charge on any atom is 0.248 e. The summed E-state index contributed by atoms with van der Waals surface area (Å²) in [5.41, 5.74) is 2.78. The molecule has 1 aliphatic rings. The Hall–Kier alpha value is -2.77. The first-order chi connectivity index (χ1) is 13.2. The lowest BCUT2D eigenvalue weighted by Gasteiger charge is -2.29. The molecule has 8 heteroatoms. The lowest BCUT2D eigenvalue weighted by atomic mass is 9.92. The molecule has 5 nitrogen and oxygen atoms in total. The molecule has 148 valence electrons. The van der Waals surface area contributed by atoms with Gasteiger partial charge in [0.05, 0.1) is 23.3 Å². The smallest absolute Gasteiger partial charge is 0.248 e. The molecular formula is C20H22F3N5. The summed E-state index contributed by atoms with van der Waals surface area (Å²) in [6.07, 6.45) is 2.16. The molecule has 0 unspecified atom stereocenters. The van der Waals surface area contributed by atoms with Crippen molar-refractivity contribution in [1.29, 1.82) is 0 Å². The number of benzene rings is 1. The summed E-state index contributed by atoms with van der Waals surface area (Å²) in [5.74, 6) is -2.21. The third-order valence-electron chi connectivity index (χ3n) is 5.53. The van der Waals surface area contributed by atoms with Crippen molar-refractivity contribution in [2.75, 3.05) is 0 Å². The highest BCUT2D eigenvalue weighted by molar-refractivity contribution is 5.92. The van der Waals surface area contributed by atoms with Crippen molar-refractivity contribution in [3.8, 4) is 11.3 Å². The van der Waals surface area contributed by atoms with Gasteiger partial charge in [-0.1, -0.05) is 6.58 Å². The highest BCUT2D eigenvalue weighted by Crippen LogP contribution is 2.34. The minimum atomic E-state index is -2.58. The van der Waals surface area contributed by atoms with Crippen molar-refractivity contribution in [3.05, 3.63) is 42.2 Å². The van der Waals surface area contributed by atoms with Crippen molar-refractivity contribution in [2.24, 2.45) is 7.05 Å². The summed E-state index contributed by atoms with van der Waals surface area (Å²) < 4.78 is 43.3. The molecule has 4 rings (SSSR count). The molecule has 2 heterocycles. The first-order valence-electron chi connectivity index (χ1n) is 9.25. The molecule has 0 atom stereocenters. The number of nitrogens with zero attached hydrogens (tertiary/aromatic N) is 3. The van der Waals surface area contributed by atoms with E-state index in [1.165, 1.54) is 6.07 Å². The van der Waals surface area contributed by atoms with Crippen LogP contribution in [0, 0.1) is 12.7 Å². The number of fused-ring (bicyclic) bond motifs is 1. The van der Waals surface area contributed by atoms with Gasteiger partial charge >= 0.3 is 0 Å². The molecule has 0 amide bonds. The Morgan fingerprint density at radius 2 is 2.04 bits per heavy atom. The minimum Gasteiger partial charge on any atom is -0.381 e. The van der Waals surface area contributed by atoms with Crippen LogP contribution in [0.4, 0.5) is 13.2 Å². The molecule has 0 bridgehead atoms. The number of aromatic amines is 1. The van der Waals surface area contributed by atoms with E-state index in [0.717, 1.165) is 11.5 Å². The van der Waals surface area contributed by atoms with Gasteiger partial charge < -0.3 is 9.88 Å². The number of halogens is 3. The van der Waals surface area contributed by atoms with Gasteiger partial charge in [0.25, 0.3) is 0 Å². The van der Waals surface area contributed by atoms with Gasteiger partial charge in [0.2, 0.25) is 5.92 Å². The molecule has 0 spiro atoms. The summed E-state index contributed by atoms with van der Waals surface area (Å²) in [7, 11) is 1.87. The Morgan fingerprint density at radius 3 is 2.68 bits per heavy atom. The van der Waals surface area contributed by atoms with Crippen LogP contribution in [0.5, 0.6) is 0 Å². The Labute approximate surface area is 160 Å². The van der Waals surface area contributed by atoms with Crippen LogP contribution in [0.2, 0.25) is 0 Å². The molecule has 28 heavy (non-hydrogen) atoms. The van der Waals surface area contributed by atoms with E-state index in [4.69, 9.17) is 0 Å². The number of hydrogen-bond donors (Lipinski definition) is 2. The molecular weight excluding hydrogens is 367 g/mol. The highest BCUT2D eigenvalue weighted by Gasteiger charge is 2.35. The van der Waals surface area contributed by atoms with Crippen molar-refractivity contribution in [2.45, 2.75) is 44.6 Å². The van der Waals surface area contributed by atoms with Crippen LogP contribution in [-0.4, -0.2) is 31.7 Å². The molecule has 1 aromatic carbocycles. The first kappa shape index (κ1) is 18.6. The zero-order valence-electron chi connectivity index (χ0n) is 15.8. The number of imidazole rings is 1. The minimum absolute atomic E-state index is 0.0850. The molecule has 1 fully saturated rings. The largest absolute Gasteiger partial charge is 0.381 e. The van der Waals surface area contributed by atoms with Crippen LogP contribution in [-0.2, 0) is 7.05 Å². The number of aryl methyl sites for hydroxylation is 1. The summed E-state index contributed by atoms with van der Waals surface area (Å²) in [5, 5.41) is 10.7. The second kappa shape index (κ2) is 6.68. The van der Waals surface area contributed by atoms with Gasteiger partial charge in [-0.15, -0.1) is 0 Å². The van der Waals surface area contributed by atoms with Gasteiger partial charge in [0, 0.05) is 36.9 Å². The van der Waals surface area contributed by atoms with Crippen LogP contribution < -0.4 is 5.32 Å². The topological polar surface area (TPSA) is 58.5 Å². The molecule has 2 aromatic heterocycles. The number of hydrogen-bond acceptors (Lipinski definition) is 3. The van der Waals surface area contributed by atoms with Crippen LogP contribution in [0.15, 0.2) is 24.9 Å². The fraction of sp³-hybridized carbons (Fsp3) is 0.400. The Kier molecular flexibility index (Phi) is 4.44. The second-order valence-corrected chi connectivity index (χ2v) is 7.46. The predicted octanol–water partition coefficient (Wildman–Crippen LogP) is 4.55. The lowest BCUT2D eigenvalue weighted by molar-refractivity contribution is -0.0392. The molecule has 0 radical (unpaired) electrons. The standard InChI is InChI=1S/C20H22F3N5/c1-11(25-14-4-6-20(22,23)7-5-14)18-15-8-13(9-16(21)19(15)27-26-18)17-10-24-12(2)28(17)3/h8-10,14,25H,1,4-7H2,2-3H3,(H,26,27). The van der Waals surface area contributed by atoms with Crippen LogP contribution in [0.1, 0.15) is 37.2 Å². The fourth-order valence-electron chi connectivity index (χ4n) is 3.73. The van der Waals surface area contributed by atoms with Crippen LogP contribution >= 0.6 is 0 Å². The van der Waals surface area contributed by atoms with Crippen molar-refractivity contribution < 1.29 is 13.2 Å². The number of alkyl halides is 2. The van der Waals surface area contributed by atoms with Gasteiger partial charge in [0.1, 0.15) is 11.3 Å². The Balaban J connectivity index is 1.64. The fourth-order valence-corrected chi connectivity index (χ4v) is 3.73. The average molecular weight is 389 g/mol. The SMILES string of the molecule is C=C(NC1CCC(F)(F)CC1)c1[nH]nc2c(F)cc(-c3cnc(C)n3C)cc12. The molecule has 2 N–H and O–H groups in total. The van der Waals surface area contributed by atoms with E-state index in [1.54, 1.807) is 6.20 Å². The molecule has 1 aliphatic carbocycles. The van der Waals surface area contributed by atoms with Crippen molar-refractivity contribution >= 4 is 16.6 Å². The molecule has 0 saturated heterocycles. The third-order valence-corrected chi connectivity index (χ3v) is 5.53. The maximum atomic E-state index is 14.6.